The number of nitrogens with zero attached hydrogens (tertiary/aromatic N) is 1. The summed E-state index contributed by atoms with van der Waals surface area (Å²) < 4.78 is 0. The zero-order valence-corrected chi connectivity index (χ0v) is 17.9. The molecule has 0 unspecified atom stereocenters. The highest BCUT2D eigenvalue weighted by molar-refractivity contribution is 5.89. The monoisotopic (exact) mass is 420 g/mol. The summed E-state index contributed by atoms with van der Waals surface area (Å²) in [6.07, 6.45) is 5.22. The maximum absolute atomic E-state index is 12.5. The molecular weight excluding hydrogens is 388 g/mol. The van der Waals surface area contributed by atoms with E-state index in [1.165, 1.54) is 12.0 Å². The number of para-hydroxylation sites is 1. The largest absolute Gasteiger partial charge is 0.351 e. The van der Waals surface area contributed by atoms with Crippen molar-refractivity contribution in [3.63, 3.8) is 0 Å². The minimum atomic E-state index is -0.151. The van der Waals surface area contributed by atoms with Crippen LogP contribution in [-0.2, 0) is 11.2 Å². The Kier molecular flexibility index (Phi) is 7.20. The van der Waals surface area contributed by atoms with E-state index in [-0.39, 0.29) is 24.0 Å². The van der Waals surface area contributed by atoms with Gasteiger partial charge in [0.2, 0.25) is 5.91 Å². The first-order valence-electron chi connectivity index (χ1n) is 11.3. The van der Waals surface area contributed by atoms with Gasteiger partial charge in [-0.15, -0.1) is 0 Å². The molecule has 0 spiro atoms. The van der Waals surface area contributed by atoms with E-state index in [0.717, 1.165) is 44.5 Å². The first-order valence-corrected chi connectivity index (χ1v) is 11.3. The van der Waals surface area contributed by atoms with Gasteiger partial charge in [-0.05, 0) is 42.9 Å². The zero-order chi connectivity index (χ0) is 21.5. The van der Waals surface area contributed by atoms with Crippen LogP contribution in [0.25, 0.3) is 0 Å². The van der Waals surface area contributed by atoms with E-state index in [0.29, 0.717) is 12.5 Å². The maximum Gasteiger partial charge on any atom is 0.319 e. The van der Waals surface area contributed by atoms with Crippen molar-refractivity contribution in [3.8, 4) is 0 Å². The van der Waals surface area contributed by atoms with E-state index >= 15 is 0 Å². The number of carbonyl (C=O) groups excluding carboxylic acids is 2. The molecule has 4 rings (SSSR count). The molecular formula is C25H32N4O2. The SMILES string of the molecule is O=C1CN(C[C@@H]2CCCC[C@H]2NC(=O)Nc2ccccc2)C[C@@H](Cc2ccccc2)N1. The second kappa shape index (κ2) is 10.4. The van der Waals surface area contributed by atoms with Crippen LogP contribution in [0.4, 0.5) is 10.5 Å². The molecule has 164 valence electrons. The van der Waals surface area contributed by atoms with Crippen molar-refractivity contribution in [1.82, 2.24) is 15.5 Å². The average molecular weight is 421 g/mol. The fourth-order valence-electron chi connectivity index (χ4n) is 4.86. The lowest BCUT2D eigenvalue weighted by atomic mass is 9.84. The van der Waals surface area contributed by atoms with Crippen molar-refractivity contribution in [2.75, 3.05) is 25.0 Å². The molecule has 2 aliphatic rings. The van der Waals surface area contributed by atoms with Gasteiger partial charge in [0.15, 0.2) is 0 Å². The van der Waals surface area contributed by atoms with Gasteiger partial charge in [0.25, 0.3) is 0 Å². The lowest BCUT2D eigenvalue weighted by Crippen LogP contribution is -2.57. The van der Waals surface area contributed by atoms with Gasteiger partial charge in [-0.2, -0.15) is 0 Å². The third-order valence-electron chi connectivity index (χ3n) is 6.29. The van der Waals surface area contributed by atoms with Gasteiger partial charge in [-0.3, -0.25) is 9.69 Å². The van der Waals surface area contributed by atoms with Crippen LogP contribution in [0.2, 0.25) is 0 Å². The fourth-order valence-corrected chi connectivity index (χ4v) is 4.86. The van der Waals surface area contributed by atoms with Crippen LogP contribution in [0.5, 0.6) is 0 Å². The molecule has 3 N–H and O–H groups in total. The number of carbonyl (C=O) groups is 2. The Hall–Kier alpha value is -2.86. The quantitative estimate of drug-likeness (QED) is 0.671. The van der Waals surface area contributed by atoms with Crippen LogP contribution in [0, 0.1) is 5.92 Å². The third kappa shape index (κ3) is 6.31. The molecule has 1 heterocycles. The van der Waals surface area contributed by atoms with Crippen LogP contribution in [0.3, 0.4) is 0 Å². The standard InChI is InChI=1S/C25H32N4O2/c30-24-18-29(17-22(26-24)15-19-9-3-1-4-10-19)16-20-11-7-8-14-23(20)28-25(31)27-21-12-5-2-6-13-21/h1-6,9-10,12-13,20,22-23H,7-8,11,14-18H2,(H,26,30)(H2,27,28,31)/t20-,22+,23+/m0/s1. The van der Waals surface area contributed by atoms with Gasteiger partial charge in [0, 0.05) is 30.9 Å². The molecule has 1 aliphatic heterocycles. The second-order valence-electron chi connectivity index (χ2n) is 8.76. The Balaban J connectivity index is 1.33. The summed E-state index contributed by atoms with van der Waals surface area (Å²) in [6, 6.07) is 19.9. The number of nitrogens with one attached hydrogen (secondary N) is 3. The van der Waals surface area contributed by atoms with Gasteiger partial charge >= 0.3 is 6.03 Å². The average Bonchev–Trinajstić information content (AvgIpc) is 2.76. The van der Waals surface area contributed by atoms with Gasteiger partial charge in [0.1, 0.15) is 0 Å². The van der Waals surface area contributed by atoms with Crippen molar-refractivity contribution >= 4 is 17.6 Å². The van der Waals surface area contributed by atoms with E-state index in [1.54, 1.807) is 0 Å². The van der Waals surface area contributed by atoms with Crippen LogP contribution in [0.15, 0.2) is 60.7 Å². The van der Waals surface area contributed by atoms with E-state index in [2.05, 4.69) is 33.0 Å². The maximum atomic E-state index is 12.5. The molecule has 1 aliphatic carbocycles. The molecule has 3 atom stereocenters. The number of benzene rings is 2. The van der Waals surface area contributed by atoms with Crippen molar-refractivity contribution in [1.29, 1.82) is 0 Å². The van der Waals surface area contributed by atoms with Crippen molar-refractivity contribution in [2.24, 2.45) is 5.92 Å². The molecule has 31 heavy (non-hydrogen) atoms. The predicted molar refractivity (Wildman–Crippen MR) is 123 cm³/mol. The molecule has 0 bridgehead atoms. The topological polar surface area (TPSA) is 73.5 Å². The van der Waals surface area contributed by atoms with Crippen molar-refractivity contribution in [3.05, 3.63) is 66.2 Å². The molecule has 6 nitrogen and oxygen atoms in total. The van der Waals surface area contributed by atoms with E-state index in [4.69, 9.17) is 0 Å². The first kappa shape index (κ1) is 21.4. The highest BCUT2D eigenvalue weighted by atomic mass is 16.2. The minimum absolute atomic E-state index is 0.0920. The van der Waals surface area contributed by atoms with Crippen LogP contribution in [0.1, 0.15) is 31.2 Å². The van der Waals surface area contributed by atoms with E-state index in [9.17, 15) is 9.59 Å². The fraction of sp³-hybridized carbons (Fsp3) is 0.440. The summed E-state index contributed by atoms with van der Waals surface area (Å²) in [5.74, 6) is 0.452. The molecule has 0 aromatic heterocycles. The van der Waals surface area contributed by atoms with Gasteiger partial charge in [0.05, 0.1) is 6.54 Å². The van der Waals surface area contributed by atoms with Crippen LogP contribution in [-0.4, -0.2) is 48.6 Å². The van der Waals surface area contributed by atoms with Crippen LogP contribution >= 0.6 is 0 Å². The highest BCUT2D eigenvalue weighted by Gasteiger charge is 2.31. The predicted octanol–water partition coefficient (Wildman–Crippen LogP) is 3.41. The summed E-state index contributed by atoms with van der Waals surface area (Å²) in [7, 11) is 0. The number of hydrogen-bond donors (Lipinski definition) is 3. The number of anilines is 1. The van der Waals surface area contributed by atoms with Gasteiger partial charge < -0.3 is 16.0 Å². The zero-order valence-electron chi connectivity index (χ0n) is 17.9. The number of rotatable bonds is 6. The molecule has 6 heteroatoms. The van der Waals surface area contributed by atoms with Crippen molar-refractivity contribution in [2.45, 2.75) is 44.2 Å². The second-order valence-corrected chi connectivity index (χ2v) is 8.76. The molecule has 3 amide bonds. The molecule has 2 aromatic rings. The Morgan fingerprint density at radius 1 is 1.00 bits per heavy atom. The number of piperazine rings is 1. The van der Waals surface area contributed by atoms with Crippen LogP contribution < -0.4 is 16.0 Å². The molecule has 2 fully saturated rings. The highest BCUT2D eigenvalue weighted by Crippen LogP contribution is 2.26. The lowest BCUT2D eigenvalue weighted by Gasteiger charge is -2.39. The van der Waals surface area contributed by atoms with Gasteiger partial charge in [-0.1, -0.05) is 61.4 Å². The summed E-state index contributed by atoms with van der Waals surface area (Å²) in [4.78, 5) is 27.1. The normalized spacial score (nSPS) is 24.3. The molecule has 0 radical (unpaired) electrons. The number of amides is 3. The lowest BCUT2D eigenvalue weighted by molar-refractivity contribution is -0.125. The summed E-state index contributed by atoms with van der Waals surface area (Å²) >= 11 is 0. The first-order chi connectivity index (χ1) is 15.2. The molecule has 2 aromatic carbocycles. The Morgan fingerprint density at radius 2 is 1.71 bits per heavy atom. The third-order valence-corrected chi connectivity index (χ3v) is 6.29. The Morgan fingerprint density at radius 3 is 2.48 bits per heavy atom. The smallest absolute Gasteiger partial charge is 0.319 e. The molecule has 1 saturated heterocycles. The Labute approximate surface area is 184 Å². The van der Waals surface area contributed by atoms with E-state index in [1.807, 2.05) is 48.5 Å². The molecule has 1 saturated carbocycles. The van der Waals surface area contributed by atoms with Crippen molar-refractivity contribution < 1.29 is 9.59 Å². The minimum Gasteiger partial charge on any atom is -0.351 e. The summed E-state index contributed by atoms with van der Waals surface area (Å²) in [5, 5.41) is 9.26. The number of urea groups is 1. The Bertz CT molecular complexity index is 858. The summed E-state index contributed by atoms with van der Waals surface area (Å²) in [5.41, 5.74) is 2.04. The summed E-state index contributed by atoms with van der Waals surface area (Å²) in [6.45, 7) is 2.12. The number of hydrogen-bond acceptors (Lipinski definition) is 3. The van der Waals surface area contributed by atoms with E-state index < -0.39 is 0 Å². The van der Waals surface area contributed by atoms with Gasteiger partial charge in [-0.25, -0.2) is 4.79 Å².